The van der Waals surface area contributed by atoms with Crippen molar-refractivity contribution in [3.05, 3.63) is 59.9 Å². The molecule has 130 valence electrons. The highest BCUT2D eigenvalue weighted by atomic mass is 19.1. The van der Waals surface area contributed by atoms with Crippen molar-refractivity contribution in [3.63, 3.8) is 0 Å². The van der Waals surface area contributed by atoms with Crippen LogP contribution in [0.2, 0.25) is 0 Å². The Kier molecular flexibility index (Phi) is 6.25. The van der Waals surface area contributed by atoms with Crippen LogP contribution in [0, 0.1) is 29.5 Å². The molecule has 0 radical (unpaired) electrons. The Balaban J connectivity index is 1.56. The smallest absolute Gasteiger partial charge is 0.123 e. The Morgan fingerprint density at radius 3 is 2.08 bits per heavy atom. The van der Waals surface area contributed by atoms with Gasteiger partial charge in [0.05, 0.1) is 0 Å². The molecule has 0 atom stereocenters. The van der Waals surface area contributed by atoms with Gasteiger partial charge in [0.1, 0.15) is 5.82 Å². The van der Waals surface area contributed by atoms with E-state index >= 15 is 0 Å². The summed E-state index contributed by atoms with van der Waals surface area (Å²) >= 11 is 0. The Morgan fingerprint density at radius 2 is 1.48 bits per heavy atom. The van der Waals surface area contributed by atoms with E-state index in [1.165, 1.54) is 37.8 Å². The van der Waals surface area contributed by atoms with E-state index in [0.717, 1.165) is 35.4 Å². The topological polar surface area (TPSA) is 20.2 Å². The third-order valence-electron chi connectivity index (χ3n) is 5.10. The highest BCUT2D eigenvalue weighted by Crippen LogP contribution is 2.31. The Bertz CT molecular complexity index is 713. The monoisotopic (exact) mass is 336 g/mol. The second-order valence-electron chi connectivity index (χ2n) is 6.94. The highest BCUT2D eigenvalue weighted by molar-refractivity contribution is 5.64. The lowest BCUT2D eigenvalue weighted by Crippen LogP contribution is -2.13. The van der Waals surface area contributed by atoms with E-state index in [1.807, 2.05) is 24.3 Å². The van der Waals surface area contributed by atoms with Crippen molar-refractivity contribution in [1.29, 1.82) is 0 Å². The van der Waals surface area contributed by atoms with E-state index in [1.54, 1.807) is 12.1 Å². The number of benzene rings is 2. The van der Waals surface area contributed by atoms with Crippen LogP contribution in [0.4, 0.5) is 4.39 Å². The van der Waals surface area contributed by atoms with Crippen LogP contribution in [-0.4, -0.2) is 11.7 Å². The number of aliphatic hydroxyl groups is 1. The molecule has 1 nitrogen and oxygen atoms in total. The Morgan fingerprint density at radius 1 is 0.880 bits per heavy atom. The first kappa shape index (κ1) is 17.7. The molecule has 1 N–H and O–H groups in total. The minimum absolute atomic E-state index is 0.211. The number of aliphatic hydroxyl groups excluding tert-OH is 1. The van der Waals surface area contributed by atoms with Crippen LogP contribution in [0.1, 0.15) is 44.1 Å². The molecule has 1 aliphatic rings. The minimum atomic E-state index is -0.211. The summed E-state index contributed by atoms with van der Waals surface area (Å²) in [7, 11) is 0. The fourth-order valence-corrected chi connectivity index (χ4v) is 3.55. The van der Waals surface area contributed by atoms with E-state index in [-0.39, 0.29) is 5.82 Å². The van der Waals surface area contributed by atoms with Crippen LogP contribution in [0.5, 0.6) is 0 Å². The highest BCUT2D eigenvalue weighted by Gasteiger charge is 2.19. The molecule has 0 aliphatic heterocycles. The van der Waals surface area contributed by atoms with E-state index < -0.39 is 0 Å². The van der Waals surface area contributed by atoms with Gasteiger partial charge in [0.15, 0.2) is 0 Å². The van der Waals surface area contributed by atoms with Gasteiger partial charge in [-0.25, -0.2) is 4.39 Å². The third-order valence-corrected chi connectivity index (χ3v) is 5.10. The fourth-order valence-electron chi connectivity index (χ4n) is 3.55. The zero-order valence-corrected chi connectivity index (χ0v) is 14.5. The first-order chi connectivity index (χ1) is 12.2. The molecule has 0 aromatic heterocycles. The van der Waals surface area contributed by atoms with Gasteiger partial charge in [-0.3, -0.25) is 0 Å². The molecule has 0 amide bonds. The zero-order chi connectivity index (χ0) is 17.5. The third kappa shape index (κ3) is 5.18. The largest absolute Gasteiger partial charge is 0.396 e. The molecule has 2 aromatic rings. The maximum atomic E-state index is 13.0. The van der Waals surface area contributed by atoms with E-state index in [2.05, 4.69) is 11.8 Å². The van der Waals surface area contributed by atoms with Crippen LogP contribution < -0.4 is 0 Å². The van der Waals surface area contributed by atoms with Crippen molar-refractivity contribution < 1.29 is 9.50 Å². The minimum Gasteiger partial charge on any atom is -0.396 e. The predicted molar refractivity (Wildman–Crippen MR) is 100 cm³/mol. The fraction of sp³-hybridized carbons (Fsp3) is 0.391. The number of hydrogen-bond acceptors (Lipinski definition) is 1. The second-order valence-corrected chi connectivity index (χ2v) is 6.94. The molecular formula is C23H25FO. The molecule has 0 unspecified atom stereocenters. The van der Waals surface area contributed by atoms with Gasteiger partial charge in [-0.15, -0.1) is 0 Å². The molecule has 2 heteroatoms. The summed E-state index contributed by atoms with van der Waals surface area (Å²) in [4.78, 5) is 0. The normalized spacial score (nSPS) is 19.9. The predicted octanol–water partition coefficient (Wildman–Crippen LogP) is 5.42. The van der Waals surface area contributed by atoms with Crippen molar-refractivity contribution in [1.82, 2.24) is 0 Å². The second kappa shape index (κ2) is 8.83. The van der Waals surface area contributed by atoms with Crippen LogP contribution in [0.25, 0.3) is 11.1 Å². The molecular weight excluding hydrogens is 311 g/mol. The van der Waals surface area contributed by atoms with Gasteiger partial charge in [0, 0.05) is 18.1 Å². The molecule has 1 saturated carbocycles. The molecule has 0 spiro atoms. The summed E-state index contributed by atoms with van der Waals surface area (Å²) < 4.78 is 13.0. The summed E-state index contributed by atoms with van der Waals surface area (Å²) in [6.07, 6.45) is 6.92. The van der Waals surface area contributed by atoms with Gasteiger partial charge < -0.3 is 5.11 Å². The van der Waals surface area contributed by atoms with Crippen molar-refractivity contribution in [2.75, 3.05) is 6.61 Å². The number of rotatable bonds is 4. The lowest BCUT2D eigenvalue weighted by atomic mass is 9.80. The van der Waals surface area contributed by atoms with Gasteiger partial charge >= 0.3 is 0 Å². The molecule has 0 saturated heterocycles. The Labute approximate surface area is 149 Å². The van der Waals surface area contributed by atoms with E-state index in [4.69, 9.17) is 5.11 Å². The van der Waals surface area contributed by atoms with E-state index in [9.17, 15) is 4.39 Å². The summed E-state index contributed by atoms with van der Waals surface area (Å²) in [6, 6.07) is 14.7. The first-order valence-corrected chi connectivity index (χ1v) is 9.23. The molecule has 3 rings (SSSR count). The van der Waals surface area contributed by atoms with Crippen LogP contribution in [0.15, 0.2) is 48.5 Å². The van der Waals surface area contributed by atoms with E-state index in [0.29, 0.717) is 12.5 Å². The van der Waals surface area contributed by atoms with Gasteiger partial charge in [-0.2, -0.15) is 0 Å². The molecule has 1 fully saturated rings. The van der Waals surface area contributed by atoms with Crippen molar-refractivity contribution >= 4 is 0 Å². The molecule has 25 heavy (non-hydrogen) atoms. The average molecular weight is 336 g/mol. The Hall–Kier alpha value is -2.11. The first-order valence-electron chi connectivity index (χ1n) is 9.23. The lowest BCUT2D eigenvalue weighted by molar-refractivity contribution is 0.243. The molecule has 1 aliphatic carbocycles. The lowest BCUT2D eigenvalue weighted by Gasteiger charge is -2.25. The van der Waals surface area contributed by atoms with Crippen molar-refractivity contribution in [3.8, 4) is 23.0 Å². The SMILES string of the molecule is OCCCC1CCC(C#Cc2ccc(-c3ccc(F)cc3)cc2)CC1. The summed E-state index contributed by atoms with van der Waals surface area (Å²) in [5, 5.41) is 8.92. The molecule has 0 bridgehead atoms. The summed E-state index contributed by atoms with van der Waals surface area (Å²) in [5.41, 5.74) is 3.13. The molecule has 2 aromatic carbocycles. The van der Waals surface area contributed by atoms with Gasteiger partial charge in [-0.1, -0.05) is 36.1 Å². The van der Waals surface area contributed by atoms with Crippen LogP contribution >= 0.6 is 0 Å². The van der Waals surface area contributed by atoms with Gasteiger partial charge in [0.25, 0.3) is 0 Å². The van der Waals surface area contributed by atoms with Crippen LogP contribution in [0.3, 0.4) is 0 Å². The molecule has 0 heterocycles. The average Bonchev–Trinajstić information content (AvgIpc) is 2.67. The maximum absolute atomic E-state index is 13.0. The quantitative estimate of drug-likeness (QED) is 0.739. The maximum Gasteiger partial charge on any atom is 0.123 e. The number of hydrogen-bond donors (Lipinski definition) is 1. The summed E-state index contributed by atoms with van der Waals surface area (Å²) in [6.45, 7) is 0.313. The standard InChI is InChI=1S/C23H25FO/c24-23-15-13-22(14-16-23)21-11-9-20(10-12-21)8-7-19-5-3-18(4-6-19)2-1-17-25/h9-16,18-19,25H,1-6,17H2. The number of halogens is 1. The van der Waals surface area contributed by atoms with Crippen LogP contribution in [-0.2, 0) is 0 Å². The van der Waals surface area contributed by atoms with Gasteiger partial charge in [-0.05, 0) is 79.8 Å². The summed E-state index contributed by atoms with van der Waals surface area (Å²) in [5.74, 6) is 7.81. The zero-order valence-electron chi connectivity index (χ0n) is 14.5. The van der Waals surface area contributed by atoms with Crippen molar-refractivity contribution in [2.45, 2.75) is 38.5 Å². The van der Waals surface area contributed by atoms with Crippen molar-refractivity contribution in [2.24, 2.45) is 11.8 Å². The van der Waals surface area contributed by atoms with Gasteiger partial charge in [0.2, 0.25) is 0 Å².